The van der Waals surface area contributed by atoms with Crippen molar-refractivity contribution < 1.29 is 4.79 Å². The normalized spacial score (nSPS) is 10.2. The predicted octanol–water partition coefficient (Wildman–Crippen LogP) is 3.39. The molecule has 19 heavy (non-hydrogen) atoms. The maximum absolute atomic E-state index is 12.1. The van der Waals surface area contributed by atoms with Crippen LogP contribution in [0.3, 0.4) is 0 Å². The second-order valence-electron chi connectivity index (χ2n) is 4.50. The lowest BCUT2D eigenvalue weighted by atomic mass is 10.0. The van der Waals surface area contributed by atoms with Crippen molar-refractivity contribution >= 4 is 17.3 Å². The van der Waals surface area contributed by atoms with E-state index in [2.05, 4.69) is 5.32 Å². The molecule has 0 aliphatic carbocycles. The monoisotopic (exact) mass is 254 g/mol. The Bertz CT molecular complexity index is 591. The summed E-state index contributed by atoms with van der Waals surface area (Å²) in [5, 5.41) is 2.93. The van der Waals surface area contributed by atoms with E-state index < -0.39 is 0 Å². The number of carbonyl (C=O) groups excluding carboxylic acids is 1. The fraction of sp³-hybridized carbons (Fsp3) is 0.188. The lowest BCUT2D eigenvalue weighted by molar-refractivity contribution is 0.102. The molecule has 0 fully saturated rings. The van der Waals surface area contributed by atoms with Crippen molar-refractivity contribution in [1.82, 2.24) is 0 Å². The molecule has 3 N–H and O–H groups in total. The molecule has 1 amide bonds. The molecule has 0 spiro atoms. The van der Waals surface area contributed by atoms with Gasteiger partial charge in [-0.3, -0.25) is 4.79 Å². The Balaban J connectivity index is 2.29. The summed E-state index contributed by atoms with van der Waals surface area (Å²) in [5.41, 5.74) is 10.3. The van der Waals surface area contributed by atoms with E-state index >= 15 is 0 Å². The van der Waals surface area contributed by atoms with E-state index in [0.29, 0.717) is 5.56 Å². The third-order valence-corrected chi connectivity index (χ3v) is 3.21. The van der Waals surface area contributed by atoms with Crippen LogP contribution >= 0.6 is 0 Å². The summed E-state index contributed by atoms with van der Waals surface area (Å²) in [5.74, 6) is -0.112. The van der Waals surface area contributed by atoms with Crippen molar-refractivity contribution in [3.63, 3.8) is 0 Å². The maximum atomic E-state index is 12.1. The van der Waals surface area contributed by atoms with Gasteiger partial charge in [0.2, 0.25) is 0 Å². The minimum Gasteiger partial charge on any atom is -0.398 e. The molecule has 0 aliphatic rings. The first-order chi connectivity index (χ1) is 9.13. The number of nitrogens with one attached hydrogen (secondary N) is 1. The lowest BCUT2D eigenvalue weighted by Gasteiger charge is -2.14. The molecule has 0 saturated carbocycles. The molecule has 0 unspecified atom stereocenters. The van der Waals surface area contributed by atoms with E-state index in [9.17, 15) is 4.79 Å². The standard InChI is InChI=1S/C16H18N2O/c1-3-13-14(10-9-11(2)15(13)17)18-16(19)12-7-5-4-6-8-12/h4-10H,3,17H2,1-2H3,(H,18,19). The van der Waals surface area contributed by atoms with Crippen molar-refractivity contribution in [3.05, 3.63) is 59.2 Å². The minimum absolute atomic E-state index is 0.112. The van der Waals surface area contributed by atoms with Gasteiger partial charge in [-0.05, 0) is 42.7 Å². The van der Waals surface area contributed by atoms with Crippen LogP contribution in [0.1, 0.15) is 28.4 Å². The van der Waals surface area contributed by atoms with Gasteiger partial charge in [-0.15, -0.1) is 0 Å². The topological polar surface area (TPSA) is 55.1 Å². The summed E-state index contributed by atoms with van der Waals surface area (Å²) in [6.07, 6.45) is 0.790. The van der Waals surface area contributed by atoms with Crippen molar-refractivity contribution in [3.8, 4) is 0 Å². The average Bonchev–Trinajstić information content (AvgIpc) is 2.44. The highest BCUT2D eigenvalue weighted by atomic mass is 16.1. The summed E-state index contributed by atoms with van der Waals surface area (Å²) in [4.78, 5) is 12.1. The van der Waals surface area contributed by atoms with Gasteiger partial charge in [0.25, 0.3) is 5.91 Å². The van der Waals surface area contributed by atoms with Gasteiger partial charge in [0, 0.05) is 16.9 Å². The quantitative estimate of drug-likeness (QED) is 0.825. The Hall–Kier alpha value is -2.29. The Labute approximate surface area is 113 Å². The van der Waals surface area contributed by atoms with Gasteiger partial charge in [-0.2, -0.15) is 0 Å². The molecule has 0 atom stereocenters. The molecule has 0 aromatic heterocycles. The first-order valence-electron chi connectivity index (χ1n) is 6.37. The number of nitrogen functional groups attached to an aromatic ring is 1. The van der Waals surface area contributed by atoms with Crippen LogP contribution < -0.4 is 11.1 Å². The van der Waals surface area contributed by atoms with Gasteiger partial charge in [0.05, 0.1) is 0 Å². The van der Waals surface area contributed by atoms with Crippen LogP contribution in [0.4, 0.5) is 11.4 Å². The van der Waals surface area contributed by atoms with Crippen LogP contribution in [-0.2, 0) is 6.42 Å². The lowest BCUT2D eigenvalue weighted by Crippen LogP contribution is -2.14. The van der Waals surface area contributed by atoms with Gasteiger partial charge in [-0.1, -0.05) is 31.2 Å². The van der Waals surface area contributed by atoms with Crippen LogP contribution in [0.5, 0.6) is 0 Å². The molecule has 2 rings (SSSR count). The number of rotatable bonds is 3. The third-order valence-electron chi connectivity index (χ3n) is 3.21. The molecule has 2 aromatic rings. The van der Waals surface area contributed by atoms with E-state index in [-0.39, 0.29) is 5.91 Å². The number of nitrogens with two attached hydrogens (primary N) is 1. The fourth-order valence-electron chi connectivity index (χ4n) is 2.06. The number of benzene rings is 2. The van der Waals surface area contributed by atoms with Crippen LogP contribution in [-0.4, -0.2) is 5.91 Å². The molecule has 3 heteroatoms. The van der Waals surface area contributed by atoms with Crippen LogP contribution in [0.25, 0.3) is 0 Å². The zero-order chi connectivity index (χ0) is 13.8. The molecule has 2 aromatic carbocycles. The van der Waals surface area contributed by atoms with Gasteiger partial charge in [-0.25, -0.2) is 0 Å². The second kappa shape index (κ2) is 5.57. The molecule has 3 nitrogen and oxygen atoms in total. The number of hydrogen-bond acceptors (Lipinski definition) is 2. The van der Waals surface area contributed by atoms with E-state index in [4.69, 9.17) is 5.73 Å². The van der Waals surface area contributed by atoms with Crippen LogP contribution in [0.15, 0.2) is 42.5 Å². The summed E-state index contributed by atoms with van der Waals surface area (Å²) < 4.78 is 0. The second-order valence-corrected chi connectivity index (χ2v) is 4.50. The number of anilines is 2. The summed E-state index contributed by atoms with van der Waals surface area (Å²) in [6.45, 7) is 4.00. The number of carbonyl (C=O) groups is 1. The smallest absolute Gasteiger partial charge is 0.255 e. The zero-order valence-electron chi connectivity index (χ0n) is 11.2. The molecular weight excluding hydrogens is 236 g/mol. The van der Waals surface area contributed by atoms with Gasteiger partial charge in [0.15, 0.2) is 0 Å². The summed E-state index contributed by atoms with van der Waals surface area (Å²) >= 11 is 0. The fourth-order valence-corrected chi connectivity index (χ4v) is 2.06. The zero-order valence-corrected chi connectivity index (χ0v) is 11.2. The van der Waals surface area contributed by atoms with Gasteiger partial charge in [0.1, 0.15) is 0 Å². The first kappa shape index (κ1) is 13.1. The number of hydrogen-bond donors (Lipinski definition) is 2. The Morgan fingerprint density at radius 3 is 2.47 bits per heavy atom. The van der Waals surface area contributed by atoms with Gasteiger partial charge >= 0.3 is 0 Å². The third kappa shape index (κ3) is 2.76. The Morgan fingerprint density at radius 2 is 1.84 bits per heavy atom. The SMILES string of the molecule is CCc1c(NC(=O)c2ccccc2)ccc(C)c1N. The summed E-state index contributed by atoms with van der Waals surface area (Å²) in [7, 11) is 0. The average molecular weight is 254 g/mol. The van der Waals surface area contributed by atoms with Gasteiger partial charge < -0.3 is 11.1 Å². The molecule has 0 aliphatic heterocycles. The largest absolute Gasteiger partial charge is 0.398 e. The molecule has 0 radical (unpaired) electrons. The highest BCUT2D eigenvalue weighted by molar-refractivity contribution is 6.05. The maximum Gasteiger partial charge on any atom is 0.255 e. The molecule has 0 bridgehead atoms. The van der Waals surface area contributed by atoms with E-state index in [1.165, 1.54) is 0 Å². The van der Waals surface area contributed by atoms with Crippen molar-refractivity contribution in [2.75, 3.05) is 11.1 Å². The highest BCUT2D eigenvalue weighted by Crippen LogP contribution is 2.26. The first-order valence-corrected chi connectivity index (χ1v) is 6.37. The highest BCUT2D eigenvalue weighted by Gasteiger charge is 2.11. The molecular formula is C16H18N2O. The Kier molecular flexibility index (Phi) is 3.85. The molecule has 98 valence electrons. The predicted molar refractivity (Wildman–Crippen MR) is 79.4 cm³/mol. The van der Waals surface area contributed by atoms with Crippen molar-refractivity contribution in [1.29, 1.82) is 0 Å². The summed E-state index contributed by atoms with van der Waals surface area (Å²) in [6, 6.07) is 13.0. The number of amides is 1. The Morgan fingerprint density at radius 1 is 1.16 bits per heavy atom. The molecule has 0 saturated heterocycles. The van der Waals surface area contributed by atoms with Crippen LogP contribution in [0, 0.1) is 6.92 Å². The minimum atomic E-state index is -0.112. The van der Waals surface area contributed by atoms with E-state index in [0.717, 1.165) is 28.9 Å². The van der Waals surface area contributed by atoms with Crippen molar-refractivity contribution in [2.24, 2.45) is 0 Å². The van der Waals surface area contributed by atoms with E-state index in [1.54, 1.807) is 12.1 Å². The molecule has 0 heterocycles. The van der Waals surface area contributed by atoms with Crippen molar-refractivity contribution in [2.45, 2.75) is 20.3 Å². The number of aryl methyl sites for hydroxylation is 1. The van der Waals surface area contributed by atoms with Crippen LogP contribution in [0.2, 0.25) is 0 Å². The van der Waals surface area contributed by atoms with E-state index in [1.807, 2.05) is 44.2 Å².